The fraction of sp³-hybridized carbons (Fsp3) is 0.458. The van der Waals surface area contributed by atoms with Crippen LogP contribution in [0.2, 0.25) is 0 Å². The second kappa shape index (κ2) is 7.99. The summed E-state index contributed by atoms with van der Waals surface area (Å²) in [5.41, 5.74) is 2.60. The van der Waals surface area contributed by atoms with Crippen molar-refractivity contribution >= 4 is 28.1 Å². The standard InChI is InChI=1S/C24H27N3O2S/c1-2-20-18-11-14-30-21(18)10-13-26(20)23(28)16-8-9-17-19(15-16)25-22-7-5-3-4-6-12-27(22)24(17)29/h8-9,11,14-15,20H,2-7,10,12-13H2,1H3. The minimum atomic E-state index is 0.0308. The van der Waals surface area contributed by atoms with Crippen LogP contribution in [0.5, 0.6) is 0 Å². The van der Waals surface area contributed by atoms with E-state index in [1.54, 1.807) is 23.5 Å². The van der Waals surface area contributed by atoms with Gasteiger partial charge in [-0.25, -0.2) is 4.98 Å². The predicted molar refractivity (Wildman–Crippen MR) is 120 cm³/mol. The van der Waals surface area contributed by atoms with Gasteiger partial charge in [0.2, 0.25) is 0 Å². The minimum absolute atomic E-state index is 0.0308. The van der Waals surface area contributed by atoms with Crippen LogP contribution in [-0.4, -0.2) is 26.9 Å². The summed E-state index contributed by atoms with van der Waals surface area (Å²) in [5, 5.41) is 2.74. The number of carbonyl (C=O) groups is 1. The summed E-state index contributed by atoms with van der Waals surface area (Å²) in [5.74, 6) is 0.901. The molecule has 2 aliphatic heterocycles. The molecule has 0 aliphatic carbocycles. The maximum Gasteiger partial charge on any atom is 0.261 e. The van der Waals surface area contributed by atoms with Crippen LogP contribution in [0.3, 0.4) is 0 Å². The average molecular weight is 422 g/mol. The van der Waals surface area contributed by atoms with Crippen molar-refractivity contribution in [1.82, 2.24) is 14.5 Å². The van der Waals surface area contributed by atoms with Gasteiger partial charge in [0.25, 0.3) is 11.5 Å². The molecule has 0 N–H and O–H groups in total. The Balaban J connectivity index is 1.52. The summed E-state index contributed by atoms with van der Waals surface area (Å²) < 4.78 is 1.85. The first kappa shape index (κ1) is 19.5. The molecular formula is C24H27N3O2S. The van der Waals surface area contributed by atoms with Crippen molar-refractivity contribution in [3.05, 3.63) is 61.8 Å². The molecular weight excluding hydrogens is 394 g/mol. The van der Waals surface area contributed by atoms with Gasteiger partial charge in [-0.05, 0) is 60.9 Å². The van der Waals surface area contributed by atoms with Gasteiger partial charge < -0.3 is 4.90 Å². The molecule has 1 aromatic carbocycles. The van der Waals surface area contributed by atoms with Crippen LogP contribution in [0.15, 0.2) is 34.4 Å². The first-order valence-corrected chi connectivity index (χ1v) is 12.0. The van der Waals surface area contributed by atoms with E-state index in [4.69, 9.17) is 4.98 Å². The van der Waals surface area contributed by atoms with Gasteiger partial charge in [-0.15, -0.1) is 11.3 Å². The first-order chi connectivity index (χ1) is 14.7. The van der Waals surface area contributed by atoms with Crippen LogP contribution in [0.25, 0.3) is 10.9 Å². The highest BCUT2D eigenvalue weighted by Gasteiger charge is 2.31. The van der Waals surface area contributed by atoms with Crippen LogP contribution < -0.4 is 5.56 Å². The van der Waals surface area contributed by atoms with E-state index in [0.29, 0.717) is 16.5 Å². The maximum absolute atomic E-state index is 13.4. The van der Waals surface area contributed by atoms with E-state index < -0.39 is 0 Å². The quantitative estimate of drug-likeness (QED) is 0.601. The zero-order chi connectivity index (χ0) is 20.7. The molecule has 3 aromatic rings. The lowest BCUT2D eigenvalue weighted by molar-refractivity contribution is 0.0657. The summed E-state index contributed by atoms with van der Waals surface area (Å²) >= 11 is 1.79. The summed E-state index contributed by atoms with van der Waals surface area (Å²) in [6, 6.07) is 7.71. The molecule has 0 saturated heterocycles. The van der Waals surface area contributed by atoms with Crippen molar-refractivity contribution in [3.63, 3.8) is 0 Å². The number of carbonyl (C=O) groups excluding carboxylic acids is 1. The molecule has 0 spiro atoms. The number of hydrogen-bond donors (Lipinski definition) is 0. The molecule has 0 fully saturated rings. The van der Waals surface area contributed by atoms with E-state index in [-0.39, 0.29) is 17.5 Å². The maximum atomic E-state index is 13.4. The van der Waals surface area contributed by atoms with Crippen LogP contribution in [0.1, 0.15) is 71.7 Å². The van der Waals surface area contributed by atoms with Gasteiger partial charge in [-0.1, -0.05) is 19.8 Å². The third-order valence-electron chi connectivity index (χ3n) is 6.56. The number of thiophene rings is 1. The van der Waals surface area contributed by atoms with Crippen LogP contribution in [0, 0.1) is 0 Å². The molecule has 0 radical (unpaired) electrons. The first-order valence-electron chi connectivity index (χ1n) is 11.1. The molecule has 6 heteroatoms. The number of rotatable bonds is 2. The Labute approximate surface area is 180 Å². The fourth-order valence-corrected chi connectivity index (χ4v) is 5.90. The van der Waals surface area contributed by atoms with Gasteiger partial charge in [0.1, 0.15) is 5.82 Å². The number of benzene rings is 1. The molecule has 2 aliphatic rings. The second-order valence-corrected chi connectivity index (χ2v) is 9.35. The monoisotopic (exact) mass is 421 g/mol. The second-order valence-electron chi connectivity index (χ2n) is 8.35. The van der Waals surface area contributed by atoms with Crippen LogP contribution >= 0.6 is 11.3 Å². The van der Waals surface area contributed by atoms with Gasteiger partial charge in [-0.3, -0.25) is 14.2 Å². The molecule has 5 nitrogen and oxygen atoms in total. The summed E-state index contributed by atoms with van der Waals surface area (Å²) in [4.78, 5) is 34.7. The Morgan fingerprint density at radius 1 is 1.13 bits per heavy atom. The number of fused-ring (bicyclic) bond motifs is 3. The van der Waals surface area contributed by atoms with Gasteiger partial charge >= 0.3 is 0 Å². The average Bonchev–Trinajstić information content (AvgIpc) is 3.22. The lowest BCUT2D eigenvalue weighted by atomic mass is 9.96. The van der Waals surface area contributed by atoms with Crippen LogP contribution in [-0.2, 0) is 19.4 Å². The van der Waals surface area contributed by atoms with E-state index in [2.05, 4.69) is 18.4 Å². The number of amides is 1. The van der Waals surface area contributed by atoms with E-state index in [9.17, 15) is 9.59 Å². The van der Waals surface area contributed by atoms with Crippen molar-refractivity contribution in [2.45, 2.75) is 64.5 Å². The molecule has 0 saturated carbocycles. The normalized spacial score (nSPS) is 19.1. The molecule has 1 atom stereocenters. The Bertz CT molecular complexity index is 1160. The SMILES string of the molecule is CCC1c2ccsc2CCN1C(=O)c1ccc2c(=O)n3c(nc2c1)CCCCCC3. The third-order valence-corrected chi connectivity index (χ3v) is 7.55. The molecule has 5 rings (SSSR count). The van der Waals surface area contributed by atoms with Crippen molar-refractivity contribution in [3.8, 4) is 0 Å². The lowest BCUT2D eigenvalue weighted by Gasteiger charge is -2.35. The number of aromatic nitrogens is 2. The number of hydrogen-bond acceptors (Lipinski definition) is 4. The largest absolute Gasteiger partial charge is 0.331 e. The highest BCUT2D eigenvalue weighted by Crippen LogP contribution is 2.36. The zero-order valence-electron chi connectivity index (χ0n) is 17.4. The molecule has 4 heterocycles. The van der Waals surface area contributed by atoms with Crippen LogP contribution in [0.4, 0.5) is 0 Å². The zero-order valence-corrected chi connectivity index (χ0v) is 18.2. The number of nitrogens with zero attached hydrogens (tertiary/aromatic N) is 3. The Morgan fingerprint density at radius 2 is 2.00 bits per heavy atom. The topological polar surface area (TPSA) is 55.2 Å². The van der Waals surface area contributed by atoms with Gasteiger partial charge in [0, 0.05) is 30.0 Å². The molecule has 156 valence electrons. The highest BCUT2D eigenvalue weighted by atomic mass is 32.1. The van der Waals surface area contributed by atoms with Crippen molar-refractivity contribution in [1.29, 1.82) is 0 Å². The van der Waals surface area contributed by atoms with Crippen molar-refractivity contribution < 1.29 is 4.79 Å². The van der Waals surface area contributed by atoms with E-state index in [1.807, 2.05) is 15.5 Å². The molecule has 30 heavy (non-hydrogen) atoms. The van der Waals surface area contributed by atoms with Gasteiger partial charge in [0.15, 0.2) is 0 Å². The van der Waals surface area contributed by atoms with Crippen molar-refractivity contribution in [2.75, 3.05) is 6.54 Å². The molecule has 1 amide bonds. The fourth-order valence-electron chi connectivity index (χ4n) is 4.97. The Morgan fingerprint density at radius 3 is 2.87 bits per heavy atom. The molecule has 2 aromatic heterocycles. The smallest absolute Gasteiger partial charge is 0.261 e. The summed E-state index contributed by atoms with van der Waals surface area (Å²) in [7, 11) is 0. The van der Waals surface area contributed by atoms with E-state index in [0.717, 1.165) is 57.4 Å². The summed E-state index contributed by atoms with van der Waals surface area (Å²) in [6.45, 7) is 3.62. The predicted octanol–water partition coefficient (Wildman–Crippen LogP) is 4.72. The Kier molecular flexibility index (Phi) is 5.19. The summed E-state index contributed by atoms with van der Waals surface area (Å²) in [6.07, 6.45) is 7.07. The third kappa shape index (κ3) is 3.27. The van der Waals surface area contributed by atoms with Gasteiger partial charge in [-0.2, -0.15) is 0 Å². The molecule has 0 bridgehead atoms. The van der Waals surface area contributed by atoms with Gasteiger partial charge in [0.05, 0.1) is 16.9 Å². The minimum Gasteiger partial charge on any atom is -0.331 e. The van der Waals surface area contributed by atoms with E-state index >= 15 is 0 Å². The molecule has 1 unspecified atom stereocenters. The highest BCUT2D eigenvalue weighted by molar-refractivity contribution is 7.10. The lowest BCUT2D eigenvalue weighted by Crippen LogP contribution is -2.39. The van der Waals surface area contributed by atoms with E-state index in [1.165, 1.54) is 16.9 Å². The van der Waals surface area contributed by atoms with Crippen molar-refractivity contribution in [2.24, 2.45) is 0 Å². The Hall–Kier alpha value is -2.47. The number of aryl methyl sites for hydroxylation is 1.